The molecule has 0 N–H and O–H groups in total. The molecular weight excluding hydrogens is 132 g/mol. The lowest BCUT2D eigenvalue weighted by molar-refractivity contribution is 0.470. The van der Waals surface area contributed by atoms with Crippen molar-refractivity contribution >= 4 is 11.8 Å². The first-order chi connectivity index (χ1) is 4.25. The Morgan fingerprint density at radius 1 is 1.44 bits per heavy atom. The lowest BCUT2D eigenvalue weighted by Crippen LogP contribution is -1.70. The Bertz CT molecular complexity index is 203. The molecule has 0 saturated carbocycles. The SMILES string of the molecule is CSc1occ(C)c1C. The molecule has 0 atom stereocenters. The predicted molar refractivity (Wildman–Crippen MR) is 40.0 cm³/mol. The highest BCUT2D eigenvalue weighted by Crippen LogP contribution is 2.23. The molecule has 0 amide bonds. The van der Waals surface area contributed by atoms with Crippen LogP contribution in [0.5, 0.6) is 0 Å². The van der Waals surface area contributed by atoms with Crippen LogP contribution in [0.1, 0.15) is 11.1 Å². The number of thioether (sulfide) groups is 1. The fourth-order valence-electron chi connectivity index (χ4n) is 0.681. The van der Waals surface area contributed by atoms with Crippen molar-refractivity contribution in [3.8, 4) is 0 Å². The molecule has 50 valence electrons. The monoisotopic (exact) mass is 142 g/mol. The minimum atomic E-state index is 1.03. The smallest absolute Gasteiger partial charge is 0.162 e. The van der Waals surface area contributed by atoms with E-state index in [1.54, 1.807) is 18.0 Å². The minimum Gasteiger partial charge on any atom is -0.458 e. The zero-order chi connectivity index (χ0) is 6.85. The summed E-state index contributed by atoms with van der Waals surface area (Å²) in [5.41, 5.74) is 2.50. The molecule has 2 heteroatoms. The molecule has 1 nitrogen and oxygen atoms in total. The maximum Gasteiger partial charge on any atom is 0.162 e. The first-order valence-corrected chi connectivity index (χ1v) is 4.07. The van der Waals surface area contributed by atoms with Gasteiger partial charge in [0.2, 0.25) is 0 Å². The topological polar surface area (TPSA) is 13.1 Å². The maximum atomic E-state index is 5.21. The quantitative estimate of drug-likeness (QED) is 0.559. The van der Waals surface area contributed by atoms with Crippen molar-refractivity contribution in [1.29, 1.82) is 0 Å². The van der Waals surface area contributed by atoms with E-state index < -0.39 is 0 Å². The van der Waals surface area contributed by atoms with E-state index in [2.05, 4.69) is 13.8 Å². The number of furan rings is 1. The average Bonchev–Trinajstić information content (AvgIpc) is 2.15. The van der Waals surface area contributed by atoms with Crippen LogP contribution in [0.25, 0.3) is 0 Å². The second-order valence-corrected chi connectivity index (χ2v) is 2.81. The van der Waals surface area contributed by atoms with Gasteiger partial charge >= 0.3 is 0 Å². The van der Waals surface area contributed by atoms with Crippen LogP contribution in [0.4, 0.5) is 0 Å². The van der Waals surface area contributed by atoms with Crippen molar-refractivity contribution < 1.29 is 4.42 Å². The Morgan fingerprint density at radius 3 is 2.33 bits per heavy atom. The van der Waals surface area contributed by atoms with Gasteiger partial charge in [-0.1, -0.05) is 11.8 Å². The fraction of sp³-hybridized carbons (Fsp3) is 0.429. The summed E-state index contributed by atoms with van der Waals surface area (Å²) in [5, 5.41) is 1.03. The molecule has 0 saturated heterocycles. The highest BCUT2D eigenvalue weighted by Gasteiger charge is 2.02. The summed E-state index contributed by atoms with van der Waals surface area (Å²) in [6, 6.07) is 0. The summed E-state index contributed by atoms with van der Waals surface area (Å²) in [4.78, 5) is 0. The van der Waals surface area contributed by atoms with Gasteiger partial charge in [0.15, 0.2) is 5.09 Å². The molecule has 9 heavy (non-hydrogen) atoms. The second-order valence-electron chi connectivity index (χ2n) is 2.04. The van der Waals surface area contributed by atoms with Crippen LogP contribution in [0.2, 0.25) is 0 Å². The van der Waals surface area contributed by atoms with Crippen LogP contribution in [-0.2, 0) is 0 Å². The van der Waals surface area contributed by atoms with Gasteiger partial charge in [0, 0.05) is 5.56 Å². The normalized spacial score (nSPS) is 10.1. The minimum absolute atomic E-state index is 1.03. The van der Waals surface area contributed by atoms with Crippen LogP contribution in [0, 0.1) is 13.8 Å². The van der Waals surface area contributed by atoms with Gasteiger partial charge in [-0.25, -0.2) is 0 Å². The highest BCUT2D eigenvalue weighted by atomic mass is 32.2. The molecule has 0 aliphatic rings. The third-order valence-corrected chi connectivity index (χ3v) is 2.20. The second kappa shape index (κ2) is 2.48. The fourth-order valence-corrected chi connectivity index (χ4v) is 1.29. The van der Waals surface area contributed by atoms with Gasteiger partial charge in [0.25, 0.3) is 0 Å². The zero-order valence-corrected chi connectivity index (χ0v) is 6.71. The van der Waals surface area contributed by atoms with E-state index in [-0.39, 0.29) is 0 Å². The van der Waals surface area contributed by atoms with E-state index in [1.165, 1.54) is 11.1 Å². The molecule has 0 radical (unpaired) electrons. The third kappa shape index (κ3) is 1.13. The Morgan fingerprint density at radius 2 is 2.11 bits per heavy atom. The van der Waals surface area contributed by atoms with Gasteiger partial charge < -0.3 is 4.42 Å². The lowest BCUT2D eigenvalue weighted by Gasteiger charge is -1.88. The van der Waals surface area contributed by atoms with Gasteiger partial charge in [-0.05, 0) is 25.7 Å². The van der Waals surface area contributed by atoms with Gasteiger partial charge in [-0.15, -0.1) is 0 Å². The molecule has 1 heterocycles. The number of hydrogen-bond acceptors (Lipinski definition) is 2. The van der Waals surface area contributed by atoms with E-state index in [9.17, 15) is 0 Å². The molecule has 1 rings (SSSR count). The summed E-state index contributed by atoms with van der Waals surface area (Å²) in [6.07, 6.45) is 3.81. The Hall–Kier alpha value is -0.370. The van der Waals surface area contributed by atoms with Crippen molar-refractivity contribution in [2.24, 2.45) is 0 Å². The van der Waals surface area contributed by atoms with Crippen LogP contribution in [-0.4, -0.2) is 6.26 Å². The maximum absolute atomic E-state index is 5.21. The van der Waals surface area contributed by atoms with Crippen molar-refractivity contribution in [1.82, 2.24) is 0 Å². The van der Waals surface area contributed by atoms with Crippen LogP contribution in [0.3, 0.4) is 0 Å². The Balaban J connectivity index is 3.04. The molecular formula is C7H10OS. The largest absolute Gasteiger partial charge is 0.458 e. The van der Waals surface area contributed by atoms with Crippen molar-refractivity contribution in [3.05, 3.63) is 17.4 Å². The molecule has 0 fully saturated rings. The van der Waals surface area contributed by atoms with E-state index in [1.807, 2.05) is 6.26 Å². The van der Waals surface area contributed by atoms with Crippen molar-refractivity contribution in [2.75, 3.05) is 6.26 Å². The number of rotatable bonds is 1. The van der Waals surface area contributed by atoms with E-state index >= 15 is 0 Å². The van der Waals surface area contributed by atoms with Gasteiger partial charge in [-0.3, -0.25) is 0 Å². The molecule has 0 aromatic carbocycles. The molecule has 0 aliphatic carbocycles. The first kappa shape index (κ1) is 6.75. The molecule has 0 spiro atoms. The molecule has 0 bridgehead atoms. The first-order valence-electron chi connectivity index (χ1n) is 2.84. The average molecular weight is 142 g/mol. The number of aryl methyl sites for hydroxylation is 1. The molecule has 0 unspecified atom stereocenters. The van der Waals surface area contributed by atoms with E-state index in [0.717, 1.165) is 5.09 Å². The van der Waals surface area contributed by atoms with E-state index in [0.29, 0.717) is 0 Å². The van der Waals surface area contributed by atoms with Gasteiger partial charge in [0.05, 0.1) is 6.26 Å². The summed E-state index contributed by atoms with van der Waals surface area (Å²) in [7, 11) is 0. The van der Waals surface area contributed by atoms with Crippen molar-refractivity contribution in [2.45, 2.75) is 18.9 Å². The van der Waals surface area contributed by atoms with E-state index in [4.69, 9.17) is 4.42 Å². The summed E-state index contributed by atoms with van der Waals surface area (Å²) in [5.74, 6) is 0. The molecule has 1 aromatic heterocycles. The Labute approximate surface area is 59.4 Å². The van der Waals surface area contributed by atoms with Crippen LogP contribution >= 0.6 is 11.8 Å². The molecule has 0 aliphatic heterocycles. The standard InChI is InChI=1S/C7H10OS/c1-5-4-8-7(9-3)6(5)2/h4H,1-3H3. The predicted octanol–water partition coefficient (Wildman–Crippen LogP) is 2.62. The van der Waals surface area contributed by atoms with Gasteiger partial charge in [0.1, 0.15) is 0 Å². The summed E-state index contributed by atoms with van der Waals surface area (Å²) < 4.78 is 5.21. The summed E-state index contributed by atoms with van der Waals surface area (Å²) >= 11 is 1.65. The van der Waals surface area contributed by atoms with Gasteiger partial charge in [-0.2, -0.15) is 0 Å². The number of hydrogen-bond donors (Lipinski definition) is 0. The lowest BCUT2D eigenvalue weighted by atomic mass is 10.2. The third-order valence-electron chi connectivity index (χ3n) is 1.43. The highest BCUT2D eigenvalue weighted by molar-refractivity contribution is 7.98. The zero-order valence-electron chi connectivity index (χ0n) is 5.89. The Kier molecular flexibility index (Phi) is 1.86. The molecule has 1 aromatic rings. The van der Waals surface area contributed by atoms with Crippen molar-refractivity contribution in [3.63, 3.8) is 0 Å². The summed E-state index contributed by atoms with van der Waals surface area (Å²) in [6.45, 7) is 4.13. The van der Waals surface area contributed by atoms with Crippen LogP contribution in [0.15, 0.2) is 15.8 Å². The van der Waals surface area contributed by atoms with Crippen LogP contribution < -0.4 is 0 Å².